The Morgan fingerprint density at radius 3 is 2.55 bits per heavy atom. The van der Waals surface area contributed by atoms with Crippen molar-refractivity contribution in [1.29, 1.82) is 0 Å². The molecule has 40 heavy (non-hydrogen) atoms. The lowest BCUT2D eigenvalue weighted by Crippen LogP contribution is -2.26. The van der Waals surface area contributed by atoms with E-state index in [0.29, 0.717) is 11.5 Å². The van der Waals surface area contributed by atoms with E-state index in [-0.39, 0.29) is 0 Å². The number of aromatic carboxylic acids is 1. The largest absolute Gasteiger partial charge is 0.478 e. The third-order valence-corrected chi connectivity index (χ3v) is 9.95. The van der Waals surface area contributed by atoms with E-state index in [1.54, 1.807) is 17.4 Å². The first-order valence-corrected chi connectivity index (χ1v) is 15.2. The summed E-state index contributed by atoms with van der Waals surface area (Å²) in [7, 11) is 2.17. The Balaban J connectivity index is 1.54. The molecule has 1 N–H and O–H groups in total. The highest BCUT2D eigenvalue weighted by Gasteiger charge is 2.30. The van der Waals surface area contributed by atoms with E-state index >= 15 is 0 Å². The standard InChI is InChI=1S/C33H34N4O2S/c1-19-32(40-20(2)34-19)27-14-11-22-9-12-24-26(30(22)35-27)18-36(3)15-16-37-28-17-23(33(38)39)10-13-25(28)29(31(24)37)21-7-5-4-6-8-21/h9-14,17,21H,4-8,15-16,18H2,1-3H3,(H,38,39). The maximum atomic E-state index is 12.0. The number of aryl methyl sites for hydroxylation is 2. The monoisotopic (exact) mass is 550 g/mol. The molecule has 7 rings (SSSR count). The van der Waals surface area contributed by atoms with Gasteiger partial charge in [-0.2, -0.15) is 0 Å². The molecule has 0 amide bonds. The molecule has 1 aliphatic heterocycles. The molecule has 1 fully saturated rings. The number of thiazole rings is 1. The number of likely N-dealkylation sites (N-methyl/N-ethyl adjacent to an activating group) is 1. The maximum Gasteiger partial charge on any atom is 0.335 e. The van der Waals surface area contributed by atoms with Crippen molar-refractivity contribution in [3.8, 4) is 21.8 Å². The van der Waals surface area contributed by atoms with Crippen molar-refractivity contribution in [3.63, 3.8) is 0 Å². The fraction of sp³-hybridized carbons (Fsp3) is 0.364. The quantitative estimate of drug-likeness (QED) is 0.248. The predicted molar refractivity (Wildman–Crippen MR) is 162 cm³/mol. The zero-order valence-corrected chi connectivity index (χ0v) is 24.1. The van der Waals surface area contributed by atoms with Gasteiger partial charge in [0, 0.05) is 47.1 Å². The smallest absolute Gasteiger partial charge is 0.335 e. The highest BCUT2D eigenvalue weighted by atomic mass is 32.1. The van der Waals surface area contributed by atoms with E-state index in [1.165, 1.54) is 59.9 Å². The van der Waals surface area contributed by atoms with Crippen molar-refractivity contribution in [1.82, 2.24) is 19.4 Å². The topological polar surface area (TPSA) is 71.2 Å². The molecule has 4 heterocycles. The van der Waals surface area contributed by atoms with Crippen LogP contribution in [0.2, 0.25) is 0 Å². The van der Waals surface area contributed by atoms with Gasteiger partial charge in [-0.15, -0.1) is 11.3 Å². The van der Waals surface area contributed by atoms with Gasteiger partial charge in [-0.05, 0) is 63.4 Å². The Morgan fingerprint density at radius 1 is 1.00 bits per heavy atom. The molecule has 0 radical (unpaired) electrons. The summed E-state index contributed by atoms with van der Waals surface area (Å²) in [4.78, 5) is 25.4. The first-order chi connectivity index (χ1) is 19.4. The van der Waals surface area contributed by atoms with Gasteiger partial charge < -0.3 is 14.6 Å². The minimum absolute atomic E-state index is 0.346. The van der Waals surface area contributed by atoms with Crippen molar-refractivity contribution in [2.75, 3.05) is 13.6 Å². The number of hydrogen-bond acceptors (Lipinski definition) is 5. The molecular weight excluding hydrogens is 516 g/mol. The average Bonchev–Trinajstić information content (AvgIpc) is 3.46. The molecule has 1 saturated carbocycles. The minimum atomic E-state index is -0.878. The van der Waals surface area contributed by atoms with E-state index < -0.39 is 5.97 Å². The molecule has 0 atom stereocenters. The summed E-state index contributed by atoms with van der Waals surface area (Å²) >= 11 is 1.70. The van der Waals surface area contributed by atoms with Crippen LogP contribution in [0.3, 0.4) is 0 Å². The number of carboxylic acid groups (broad SMARTS) is 1. The summed E-state index contributed by atoms with van der Waals surface area (Å²) in [6.07, 6.45) is 6.15. The van der Waals surface area contributed by atoms with E-state index in [9.17, 15) is 9.90 Å². The Bertz CT molecular complexity index is 1790. The number of rotatable bonds is 3. The van der Waals surface area contributed by atoms with Gasteiger partial charge >= 0.3 is 5.97 Å². The zero-order chi connectivity index (χ0) is 27.5. The van der Waals surface area contributed by atoms with Crippen LogP contribution in [-0.4, -0.2) is 44.1 Å². The van der Waals surface area contributed by atoms with Crippen LogP contribution < -0.4 is 0 Å². The molecule has 2 aliphatic rings. The van der Waals surface area contributed by atoms with E-state index in [2.05, 4.69) is 58.8 Å². The van der Waals surface area contributed by atoms with Crippen LogP contribution in [0.15, 0.2) is 42.5 Å². The van der Waals surface area contributed by atoms with Crippen LogP contribution in [0.5, 0.6) is 0 Å². The number of fused-ring (bicyclic) bond motifs is 7. The molecule has 5 aromatic rings. The number of hydrogen-bond donors (Lipinski definition) is 1. The van der Waals surface area contributed by atoms with Crippen molar-refractivity contribution >= 4 is 39.1 Å². The van der Waals surface area contributed by atoms with Crippen LogP contribution in [0.1, 0.15) is 70.2 Å². The molecule has 2 aromatic carbocycles. The molecule has 0 bridgehead atoms. The minimum Gasteiger partial charge on any atom is -0.478 e. The highest BCUT2D eigenvalue weighted by Crippen LogP contribution is 2.46. The molecule has 1 aliphatic carbocycles. The third-order valence-electron chi connectivity index (χ3n) is 8.86. The zero-order valence-electron chi connectivity index (χ0n) is 23.3. The molecule has 7 heteroatoms. The van der Waals surface area contributed by atoms with Crippen molar-refractivity contribution < 1.29 is 9.90 Å². The van der Waals surface area contributed by atoms with Crippen LogP contribution >= 0.6 is 11.3 Å². The first kappa shape index (κ1) is 25.4. The lowest BCUT2D eigenvalue weighted by Gasteiger charge is -2.28. The lowest BCUT2D eigenvalue weighted by atomic mass is 9.81. The van der Waals surface area contributed by atoms with Gasteiger partial charge in [0.25, 0.3) is 0 Å². The summed E-state index contributed by atoms with van der Waals surface area (Å²) in [5.41, 5.74) is 9.59. The molecule has 3 aromatic heterocycles. The Labute approximate surface area is 238 Å². The molecule has 6 nitrogen and oxygen atoms in total. The van der Waals surface area contributed by atoms with E-state index in [1.807, 2.05) is 13.0 Å². The van der Waals surface area contributed by atoms with Crippen LogP contribution in [-0.2, 0) is 13.1 Å². The summed E-state index contributed by atoms with van der Waals surface area (Å²) in [6, 6.07) is 14.6. The summed E-state index contributed by atoms with van der Waals surface area (Å²) in [5, 5.41) is 13.2. The van der Waals surface area contributed by atoms with Gasteiger partial charge in [0.1, 0.15) is 0 Å². The summed E-state index contributed by atoms with van der Waals surface area (Å²) in [6.45, 7) is 6.63. The Hall–Kier alpha value is -3.55. The average molecular weight is 551 g/mol. The fourth-order valence-corrected chi connectivity index (χ4v) is 7.87. The second-order valence-electron chi connectivity index (χ2n) is 11.5. The molecular formula is C33H34N4O2S. The van der Waals surface area contributed by atoms with Crippen LogP contribution in [0, 0.1) is 13.8 Å². The first-order valence-electron chi connectivity index (χ1n) is 14.3. The predicted octanol–water partition coefficient (Wildman–Crippen LogP) is 7.79. The Kier molecular flexibility index (Phi) is 6.24. The second-order valence-corrected chi connectivity index (χ2v) is 12.7. The molecule has 204 valence electrons. The number of pyridine rings is 1. The van der Waals surface area contributed by atoms with Crippen molar-refractivity contribution in [2.45, 2.75) is 65.0 Å². The number of benzene rings is 2. The molecule has 0 saturated heterocycles. The maximum absolute atomic E-state index is 12.0. The number of carboxylic acids is 1. The number of aromatic nitrogens is 3. The van der Waals surface area contributed by atoms with E-state index in [0.717, 1.165) is 57.3 Å². The second kappa shape index (κ2) is 9.82. The van der Waals surface area contributed by atoms with Gasteiger partial charge in [-0.25, -0.2) is 14.8 Å². The van der Waals surface area contributed by atoms with E-state index in [4.69, 9.17) is 4.98 Å². The van der Waals surface area contributed by atoms with Crippen molar-refractivity contribution in [2.24, 2.45) is 0 Å². The summed E-state index contributed by atoms with van der Waals surface area (Å²) in [5.74, 6) is -0.401. The van der Waals surface area contributed by atoms with Gasteiger partial charge in [0.05, 0.1) is 38.0 Å². The Morgan fingerprint density at radius 2 is 1.80 bits per heavy atom. The summed E-state index contributed by atoms with van der Waals surface area (Å²) < 4.78 is 2.41. The highest BCUT2D eigenvalue weighted by molar-refractivity contribution is 7.15. The SMILES string of the molecule is Cc1nc(C)c(-c2ccc3ccc4c(c3n2)CN(C)CCn2c-4c(C3CCCCC3)c3ccc(C(=O)O)cc32)s1. The van der Waals surface area contributed by atoms with Gasteiger partial charge in [0.15, 0.2) is 0 Å². The van der Waals surface area contributed by atoms with Crippen LogP contribution in [0.4, 0.5) is 0 Å². The fourth-order valence-electron chi connectivity index (χ4n) is 6.98. The lowest BCUT2D eigenvalue weighted by molar-refractivity contribution is 0.0697. The molecule has 0 unspecified atom stereocenters. The van der Waals surface area contributed by atoms with Crippen molar-refractivity contribution in [3.05, 3.63) is 69.9 Å². The molecule has 0 spiro atoms. The van der Waals surface area contributed by atoms with Gasteiger partial charge in [-0.1, -0.05) is 43.5 Å². The van der Waals surface area contributed by atoms with Gasteiger partial charge in [0.2, 0.25) is 0 Å². The third kappa shape index (κ3) is 4.14. The normalized spacial score (nSPS) is 16.6. The van der Waals surface area contributed by atoms with Gasteiger partial charge in [-0.3, -0.25) is 0 Å². The van der Waals surface area contributed by atoms with Crippen LogP contribution in [0.25, 0.3) is 43.6 Å². The number of carbonyl (C=O) groups is 1. The number of nitrogens with zero attached hydrogens (tertiary/aromatic N) is 4.